The molecule has 1 aromatic carbocycles. The molecule has 1 unspecified atom stereocenters. The lowest BCUT2D eigenvalue weighted by atomic mass is 10.2. The first-order valence-electron chi connectivity index (χ1n) is 7.37. The fraction of sp³-hybridized carbons (Fsp3) is 0.438. The Morgan fingerprint density at radius 3 is 2.64 bits per heavy atom. The quantitative estimate of drug-likeness (QED) is 0.901. The van der Waals surface area contributed by atoms with E-state index in [-0.39, 0.29) is 17.5 Å². The van der Waals surface area contributed by atoms with Gasteiger partial charge in [-0.2, -0.15) is 0 Å². The van der Waals surface area contributed by atoms with E-state index in [0.29, 0.717) is 29.8 Å². The maximum Gasteiger partial charge on any atom is 0.258 e. The second-order valence-corrected chi connectivity index (χ2v) is 5.50. The Hall–Kier alpha value is -2.21. The van der Waals surface area contributed by atoms with Crippen molar-refractivity contribution in [2.24, 2.45) is 0 Å². The van der Waals surface area contributed by atoms with E-state index >= 15 is 0 Å². The van der Waals surface area contributed by atoms with E-state index in [1.165, 1.54) is 0 Å². The molecule has 0 aliphatic rings. The second-order valence-electron chi connectivity index (χ2n) is 5.50. The standard InChI is InChI=1S/C16H22N4O2/c1-5-20(11(2)16(22)19(3)4)10-14-17-13-9-7-6-8-12(13)15(21)18-14/h6-9,11H,5,10H2,1-4H3,(H,17,18,21). The van der Waals surface area contributed by atoms with Crippen LogP contribution in [0, 0.1) is 0 Å². The van der Waals surface area contributed by atoms with E-state index in [2.05, 4.69) is 9.97 Å². The van der Waals surface area contributed by atoms with Crippen molar-refractivity contribution in [1.82, 2.24) is 19.8 Å². The number of H-pyrrole nitrogens is 1. The van der Waals surface area contributed by atoms with E-state index in [9.17, 15) is 9.59 Å². The van der Waals surface area contributed by atoms with Crippen LogP contribution in [0.15, 0.2) is 29.1 Å². The van der Waals surface area contributed by atoms with Gasteiger partial charge >= 0.3 is 0 Å². The highest BCUT2D eigenvalue weighted by atomic mass is 16.2. The smallest absolute Gasteiger partial charge is 0.258 e. The number of amides is 1. The van der Waals surface area contributed by atoms with Gasteiger partial charge in [-0.1, -0.05) is 19.1 Å². The molecule has 0 bridgehead atoms. The summed E-state index contributed by atoms with van der Waals surface area (Å²) < 4.78 is 0. The maximum absolute atomic E-state index is 12.1. The summed E-state index contributed by atoms with van der Waals surface area (Å²) in [4.78, 5) is 35.0. The van der Waals surface area contributed by atoms with Crippen LogP contribution in [0.25, 0.3) is 10.9 Å². The number of benzene rings is 1. The van der Waals surface area contributed by atoms with Crippen LogP contribution in [0.3, 0.4) is 0 Å². The lowest BCUT2D eigenvalue weighted by Gasteiger charge is -2.28. The van der Waals surface area contributed by atoms with Crippen molar-refractivity contribution in [3.8, 4) is 0 Å². The second kappa shape index (κ2) is 6.70. The molecule has 2 rings (SSSR count). The summed E-state index contributed by atoms with van der Waals surface area (Å²) in [6.07, 6.45) is 0. The number of hydrogen-bond acceptors (Lipinski definition) is 4. The van der Waals surface area contributed by atoms with Gasteiger partial charge in [0.05, 0.1) is 23.5 Å². The molecular weight excluding hydrogens is 280 g/mol. The topological polar surface area (TPSA) is 69.3 Å². The monoisotopic (exact) mass is 302 g/mol. The van der Waals surface area contributed by atoms with Gasteiger partial charge in [-0.25, -0.2) is 4.98 Å². The Balaban J connectivity index is 2.28. The lowest BCUT2D eigenvalue weighted by Crippen LogP contribution is -2.44. The van der Waals surface area contributed by atoms with Gasteiger partial charge in [-0.05, 0) is 25.6 Å². The third-order valence-corrected chi connectivity index (χ3v) is 3.77. The molecule has 0 spiro atoms. The number of fused-ring (bicyclic) bond motifs is 1. The zero-order chi connectivity index (χ0) is 16.3. The number of nitrogens with one attached hydrogen (secondary N) is 1. The van der Waals surface area contributed by atoms with E-state index in [1.807, 2.05) is 36.9 Å². The van der Waals surface area contributed by atoms with E-state index in [0.717, 1.165) is 0 Å². The van der Waals surface area contributed by atoms with Crippen LogP contribution in [-0.2, 0) is 11.3 Å². The van der Waals surface area contributed by atoms with E-state index in [1.54, 1.807) is 25.1 Å². The molecule has 1 atom stereocenters. The number of rotatable bonds is 5. The summed E-state index contributed by atoms with van der Waals surface area (Å²) in [5, 5.41) is 0.576. The van der Waals surface area contributed by atoms with Crippen LogP contribution in [0.4, 0.5) is 0 Å². The Morgan fingerprint density at radius 1 is 1.32 bits per heavy atom. The van der Waals surface area contributed by atoms with Gasteiger partial charge in [0.15, 0.2) is 0 Å². The van der Waals surface area contributed by atoms with Crippen molar-refractivity contribution in [3.63, 3.8) is 0 Å². The van der Waals surface area contributed by atoms with Crippen molar-refractivity contribution in [3.05, 3.63) is 40.4 Å². The van der Waals surface area contributed by atoms with Crippen molar-refractivity contribution < 1.29 is 4.79 Å². The highest BCUT2D eigenvalue weighted by molar-refractivity contribution is 5.81. The molecule has 22 heavy (non-hydrogen) atoms. The molecule has 0 saturated heterocycles. The number of hydrogen-bond donors (Lipinski definition) is 1. The van der Waals surface area contributed by atoms with Crippen LogP contribution in [0.5, 0.6) is 0 Å². The molecule has 6 nitrogen and oxygen atoms in total. The minimum atomic E-state index is -0.267. The average Bonchev–Trinajstić information content (AvgIpc) is 2.51. The van der Waals surface area contributed by atoms with Crippen molar-refractivity contribution in [2.45, 2.75) is 26.4 Å². The number of likely N-dealkylation sites (N-methyl/N-ethyl adjacent to an activating group) is 2. The molecule has 118 valence electrons. The summed E-state index contributed by atoms with van der Waals surface area (Å²) in [6.45, 7) is 4.97. The lowest BCUT2D eigenvalue weighted by molar-refractivity contribution is -0.134. The fourth-order valence-corrected chi connectivity index (χ4v) is 2.45. The molecule has 0 radical (unpaired) electrons. The van der Waals surface area contributed by atoms with Crippen LogP contribution in [0.1, 0.15) is 19.7 Å². The zero-order valence-corrected chi connectivity index (χ0v) is 13.5. The molecule has 0 fully saturated rings. The Morgan fingerprint density at radius 2 is 2.00 bits per heavy atom. The van der Waals surface area contributed by atoms with Gasteiger partial charge in [-0.3, -0.25) is 14.5 Å². The number of nitrogens with zero attached hydrogens (tertiary/aromatic N) is 3. The Bertz CT molecular complexity index is 723. The third-order valence-electron chi connectivity index (χ3n) is 3.77. The molecule has 0 aliphatic heterocycles. The predicted octanol–water partition coefficient (Wildman–Crippen LogP) is 1.22. The van der Waals surface area contributed by atoms with Gasteiger partial charge in [0.25, 0.3) is 5.56 Å². The minimum absolute atomic E-state index is 0.0324. The number of aromatic nitrogens is 2. The molecule has 1 amide bonds. The average molecular weight is 302 g/mol. The zero-order valence-electron chi connectivity index (χ0n) is 13.5. The number of aromatic amines is 1. The van der Waals surface area contributed by atoms with Gasteiger partial charge in [0.2, 0.25) is 5.91 Å². The van der Waals surface area contributed by atoms with Crippen LogP contribution < -0.4 is 5.56 Å². The van der Waals surface area contributed by atoms with Gasteiger partial charge in [-0.15, -0.1) is 0 Å². The Labute approximate surface area is 129 Å². The first kappa shape index (κ1) is 16.2. The SMILES string of the molecule is CCN(Cc1nc2ccccc2c(=O)[nH]1)C(C)C(=O)N(C)C. The normalized spacial score (nSPS) is 12.6. The molecule has 0 aliphatic carbocycles. The van der Waals surface area contributed by atoms with Gasteiger partial charge in [0, 0.05) is 14.1 Å². The van der Waals surface area contributed by atoms with Gasteiger partial charge < -0.3 is 9.88 Å². The first-order valence-corrected chi connectivity index (χ1v) is 7.37. The Kier molecular flexibility index (Phi) is 4.92. The van der Waals surface area contributed by atoms with Crippen LogP contribution in [-0.4, -0.2) is 52.4 Å². The van der Waals surface area contributed by atoms with Crippen molar-refractivity contribution in [1.29, 1.82) is 0 Å². The summed E-state index contributed by atoms with van der Waals surface area (Å²) in [5.74, 6) is 0.606. The molecule has 2 aromatic rings. The first-order chi connectivity index (χ1) is 10.4. The molecule has 1 heterocycles. The summed E-state index contributed by atoms with van der Waals surface area (Å²) in [6, 6.07) is 6.97. The third kappa shape index (κ3) is 3.33. The van der Waals surface area contributed by atoms with Crippen LogP contribution >= 0.6 is 0 Å². The summed E-state index contributed by atoms with van der Waals surface area (Å²) in [5.41, 5.74) is 0.520. The molecule has 6 heteroatoms. The maximum atomic E-state index is 12.1. The number of carbonyl (C=O) groups excluding carboxylic acids is 1. The van der Waals surface area contributed by atoms with E-state index in [4.69, 9.17) is 0 Å². The fourth-order valence-electron chi connectivity index (χ4n) is 2.45. The van der Waals surface area contributed by atoms with Crippen LogP contribution in [0.2, 0.25) is 0 Å². The predicted molar refractivity (Wildman–Crippen MR) is 86.6 cm³/mol. The van der Waals surface area contributed by atoms with Crippen molar-refractivity contribution in [2.75, 3.05) is 20.6 Å². The van der Waals surface area contributed by atoms with Gasteiger partial charge in [0.1, 0.15) is 5.82 Å². The molecule has 0 saturated carbocycles. The largest absolute Gasteiger partial charge is 0.347 e. The highest BCUT2D eigenvalue weighted by Crippen LogP contribution is 2.09. The molecule has 1 aromatic heterocycles. The number of carbonyl (C=O) groups is 1. The summed E-state index contributed by atoms with van der Waals surface area (Å²) in [7, 11) is 3.48. The number of para-hydroxylation sites is 1. The minimum Gasteiger partial charge on any atom is -0.347 e. The van der Waals surface area contributed by atoms with E-state index < -0.39 is 0 Å². The molecular formula is C16H22N4O2. The molecule has 1 N–H and O–H groups in total. The highest BCUT2D eigenvalue weighted by Gasteiger charge is 2.22. The summed E-state index contributed by atoms with van der Waals surface area (Å²) >= 11 is 0. The van der Waals surface area contributed by atoms with Crippen molar-refractivity contribution >= 4 is 16.8 Å².